The quantitative estimate of drug-likeness (QED) is 0.234. The van der Waals surface area contributed by atoms with Crippen molar-refractivity contribution in [2.24, 2.45) is 0 Å². The van der Waals surface area contributed by atoms with Crippen molar-refractivity contribution < 1.29 is 27.5 Å². The topological polar surface area (TPSA) is 97.3 Å². The molecule has 3 heterocycles. The number of carbonyl (C=O) groups is 2. The first-order valence-corrected chi connectivity index (χ1v) is 12.6. The van der Waals surface area contributed by atoms with Crippen molar-refractivity contribution in [1.29, 1.82) is 0 Å². The SMILES string of the molecule is COC(=O)Cc1ccccc1CCc1nc(Nc2ccc(C3CCN([B]C=O)CC3)nc2)ncc1C(F)(F)F. The minimum atomic E-state index is -4.61. The standard InChI is InChI=1S/C27H28BF3N5O3/c1-39-25(38)14-20-5-3-2-4-18(20)6-8-24-22(27(29,30)31)16-33-26(35-24)34-21-7-9-23(32-15-21)19-10-12-36(13-11-19)28-17-37/h2-5,7,9,15-17,19H,6,8,10-14H2,1H3,(H,33,34,35). The van der Waals surface area contributed by atoms with E-state index in [1.807, 2.05) is 10.9 Å². The number of ether oxygens (including phenoxy) is 1. The van der Waals surface area contributed by atoms with Crippen LogP contribution in [-0.2, 0) is 39.8 Å². The number of halogens is 3. The molecular weight excluding hydrogens is 510 g/mol. The number of hydrogen-bond acceptors (Lipinski definition) is 8. The maximum atomic E-state index is 13.7. The predicted octanol–water partition coefficient (Wildman–Crippen LogP) is 4.12. The highest BCUT2D eigenvalue weighted by molar-refractivity contribution is 6.64. The molecule has 0 aliphatic carbocycles. The van der Waals surface area contributed by atoms with Crippen LogP contribution in [0.2, 0.25) is 0 Å². The predicted molar refractivity (Wildman–Crippen MR) is 140 cm³/mol. The fourth-order valence-corrected chi connectivity index (χ4v) is 4.64. The Morgan fingerprint density at radius 1 is 1.10 bits per heavy atom. The van der Waals surface area contributed by atoms with Crippen LogP contribution < -0.4 is 5.32 Å². The number of aromatic nitrogens is 3. The van der Waals surface area contributed by atoms with E-state index in [9.17, 15) is 22.8 Å². The Morgan fingerprint density at radius 3 is 2.49 bits per heavy atom. The van der Waals surface area contributed by atoms with E-state index in [1.54, 1.807) is 43.9 Å². The largest absolute Gasteiger partial charge is 0.469 e. The lowest BCUT2D eigenvalue weighted by molar-refractivity contribution is -0.140. The second-order valence-electron chi connectivity index (χ2n) is 9.27. The Hall–Kier alpha value is -3.80. The van der Waals surface area contributed by atoms with Crippen LogP contribution in [0.25, 0.3) is 0 Å². The van der Waals surface area contributed by atoms with Crippen LogP contribution in [0.1, 0.15) is 46.8 Å². The summed E-state index contributed by atoms with van der Waals surface area (Å²) in [6.45, 7) is 1.56. The average Bonchev–Trinajstić information content (AvgIpc) is 2.93. The molecule has 1 aliphatic heterocycles. The van der Waals surface area contributed by atoms with Crippen LogP contribution in [0.15, 0.2) is 48.8 Å². The first kappa shape index (κ1) is 28.2. The highest BCUT2D eigenvalue weighted by atomic mass is 19.4. The lowest BCUT2D eigenvalue weighted by Gasteiger charge is -2.30. The summed E-state index contributed by atoms with van der Waals surface area (Å²) in [5.41, 5.74) is 1.88. The number of rotatable bonds is 10. The Morgan fingerprint density at radius 2 is 1.85 bits per heavy atom. The van der Waals surface area contributed by atoms with Gasteiger partial charge in [-0.05, 0) is 62.0 Å². The molecule has 12 heteroatoms. The van der Waals surface area contributed by atoms with Gasteiger partial charge < -0.3 is 19.7 Å². The van der Waals surface area contributed by atoms with E-state index < -0.39 is 17.7 Å². The summed E-state index contributed by atoms with van der Waals surface area (Å²) in [6, 6.07) is 10.8. The number of carbonyl (C=O) groups excluding carboxylic acids is 2. The van der Waals surface area contributed by atoms with E-state index in [1.165, 1.54) is 7.11 Å². The van der Waals surface area contributed by atoms with Gasteiger partial charge in [0.25, 0.3) is 7.41 Å². The summed E-state index contributed by atoms with van der Waals surface area (Å²) in [7, 11) is 2.84. The van der Waals surface area contributed by atoms with Gasteiger partial charge in [0.15, 0.2) is 0 Å². The molecule has 1 fully saturated rings. The second-order valence-corrected chi connectivity index (χ2v) is 9.27. The normalized spacial score (nSPS) is 14.6. The number of piperidine rings is 1. The molecule has 3 aromatic rings. The Bertz CT molecular complexity index is 1280. The Labute approximate surface area is 225 Å². The average molecular weight is 538 g/mol. The third kappa shape index (κ3) is 7.63. The Kier molecular flexibility index (Phi) is 9.29. The molecule has 2 aromatic heterocycles. The maximum absolute atomic E-state index is 13.7. The first-order valence-electron chi connectivity index (χ1n) is 12.6. The van der Waals surface area contributed by atoms with Gasteiger partial charge in [-0.15, -0.1) is 0 Å². The van der Waals surface area contributed by atoms with E-state index in [-0.39, 0.29) is 36.8 Å². The molecule has 1 radical (unpaired) electrons. The number of nitrogens with zero attached hydrogens (tertiary/aromatic N) is 4. The minimum Gasteiger partial charge on any atom is -0.469 e. The fourth-order valence-electron chi connectivity index (χ4n) is 4.64. The molecule has 0 bridgehead atoms. The van der Waals surface area contributed by atoms with E-state index in [4.69, 9.17) is 4.74 Å². The molecule has 1 N–H and O–H groups in total. The molecule has 0 saturated carbocycles. The number of benzene rings is 1. The number of aryl methyl sites for hydroxylation is 2. The van der Waals surface area contributed by atoms with Crippen LogP contribution in [0, 0.1) is 0 Å². The van der Waals surface area contributed by atoms with E-state index in [0.717, 1.165) is 49.6 Å². The monoisotopic (exact) mass is 538 g/mol. The van der Waals surface area contributed by atoms with Crippen LogP contribution in [0.4, 0.5) is 24.8 Å². The van der Waals surface area contributed by atoms with Crippen LogP contribution >= 0.6 is 0 Å². The van der Waals surface area contributed by atoms with Crippen molar-refractivity contribution in [2.45, 2.75) is 44.2 Å². The second kappa shape index (κ2) is 12.8. The van der Waals surface area contributed by atoms with Crippen molar-refractivity contribution in [2.75, 3.05) is 25.5 Å². The van der Waals surface area contributed by atoms with Gasteiger partial charge in [-0.1, -0.05) is 24.3 Å². The molecule has 0 amide bonds. The summed E-state index contributed by atoms with van der Waals surface area (Å²) in [4.78, 5) is 37.0. The van der Waals surface area contributed by atoms with Crippen LogP contribution in [0.3, 0.4) is 0 Å². The molecule has 1 aromatic carbocycles. The van der Waals surface area contributed by atoms with Gasteiger partial charge in [-0.2, -0.15) is 13.2 Å². The minimum absolute atomic E-state index is 0.00163. The molecular formula is C27H28BF3N5O3. The zero-order chi connectivity index (χ0) is 27.8. The van der Waals surface area contributed by atoms with Crippen molar-refractivity contribution in [1.82, 2.24) is 19.8 Å². The summed E-state index contributed by atoms with van der Waals surface area (Å²) in [5, 5.41) is 2.95. The van der Waals surface area contributed by atoms with E-state index >= 15 is 0 Å². The lowest BCUT2D eigenvalue weighted by atomic mass is 9.86. The first-order chi connectivity index (χ1) is 18.8. The van der Waals surface area contributed by atoms with Crippen molar-refractivity contribution in [3.8, 4) is 0 Å². The molecule has 0 unspecified atom stereocenters. The zero-order valence-corrected chi connectivity index (χ0v) is 21.4. The third-order valence-corrected chi connectivity index (χ3v) is 6.75. The molecule has 0 spiro atoms. The maximum Gasteiger partial charge on any atom is 0.419 e. The number of hydrogen-bond donors (Lipinski definition) is 1. The Balaban J connectivity index is 1.46. The summed E-state index contributed by atoms with van der Waals surface area (Å²) >= 11 is 0. The van der Waals surface area contributed by atoms with Gasteiger partial charge in [-0.25, -0.2) is 9.97 Å². The molecule has 39 heavy (non-hydrogen) atoms. The number of methoxy groups -OCH3 is 1. The van der Waals surface area contributed by atoms with Gasteiger partial charge in [0.1, 0.15) is 0 Å². The molecule has 8 nitrogen and oxygen atoms in total. The van der Waals surface area contributed by atoms with Gasteiger partial charge in [0.2, 0.25) is 5.95 Å². The number of esters is 1. The molecule has 1 aliphatic rings. The number of anilines is 2. The zero-order valence-electron chi connectivity index (χ0n) is 21.4. The van der Waals surface area contributed by atoms with Crippen LogP contribution in [0.5, 0.6) is 0 Å². The van der Waals surface area contributed by atoms with Crippen molar-refractivity contribution in [3.05, 3.63) is 76.9 Å². The number of pyridine rings is 1. The summed E-state index contributed by atoms with van der Waals surface area (Å²) in [5.74, 6) is -0.118. The highest BCUT2D eigenvalue weighted by Gasteiger charge is 2.35. The number of alkyl halides is 3. The molecule has 1 saturated heterocycles. The van der Waals surface area contributed by atoms with Gasteiger partial charge in [0.05, 0.1) is 42.9 Å². The van der Waals surface area contributed by atoms with Gasteiger partial charge >= 0.3 is 12.1 Å². The van der Waals surface area contributed by atoms with Crippen molar-refractivity contribution in [3.63, 3.8) is 0 Å². The molecule has 0 atom stereocenters. The van der Waals surface area contributed by atoms with Gasteiger partial charge in [0, 0.05) is 17.8 Å². The van der Waals surface area contributed by atoms with Crippen LogP contribution in [-0.4, -0.2) is 59.5 Å². The lowest BCUT2D eigenvalue weighted by Crippen LogP contribution is -2.36. The van der Waals surface area contributed by atoms with Gasteiger partial charge in [-0.3, -0.25) is 9.78 Å². The van der Waals surface area contributed by atoms with Crippen molar-refractivity contribution >= 4 is 31.2 Å². The molecule has 203 valence electrons. The highest BCUT2D eigenvalue weighted by Crippen LogP contribution is 2.32. The smallest absolute Gasteiger partial charge is 0.419 e. The summed E-state index contributed by atoms with van der Waals surface area (Å²) in [6.07, 6.45) is 0.624. The van der Waals surface area contributed by atoms with E-state index in [2.05, 4.69) is 20.3 Å². The third-order valence-electron chi connectivity index (χ3n) is 6.75. The fraction of sp³-hybridized carbons (Fsp3) is 0.370. The van der Waals surface area contributed by atoms with E-state index in [0.29, 0.717) is 11.3 Å². The molecule has 4 rings (SSSR count). The summed E-state index contributed by atoms with van der Waals surface area (Å²) < 4.78 is 45.9. The number of nitrogens with one attached hydrogen (secondary N) is 1.